The molecular formula is C16H23N3S. The fourth-order valence-corrected chi connectivity index (χ4v) is 3.20. The first-order chi connectivity index (χ1) is 9.63. The lowest BCUT2D eigenvalue weighted by Crippen LogP contribution is -2.29. The Bertz CT molecular complexity index is 531. The van der Waals surface area contributed by atoms with Crippen LogP contribution < -0.4 is 16.2 Å². The highest BCUT2D eigenvalue weighted by molar-refractivity contribution is 7.11. The molecule has 0 aliphatic heterocycles. The van der Waals surface area contributed by atoms with Crippen LogP contribution in [0.15, 0.2) is 36.4 Å². The van der Waals surface area contributed by atoms with Gasteiger partial charge in [-0.3, -0.25) is 11.3 Å². The van der Waals surface area contributed by atoms with Crippen molar-refractivity contribution in [3.8, 4) is 0 Å². The summed E-state index contributed by atoms with van der Waals surface area (Å²) in [6.07, 6.45) is 2.03. The molecule has 0 spiro atoms. The van der Waals surface area contributed by atoms with Crippen LogP contribution in [-0.2, 0) is 12.8 Å². The smallest absolute Gasteiger partial charge is 0.0508 e. The second kappa shape index (κ2) is 6.88. The molecule has 1 unspecified atom stereocenters. The number of aryl methyl sites for hydroxylation is 1. The molecule has 20 heavy (non-hydrogen) atoms. The third-order valence-electron chi connectivity index (χ3n) is 3.48. The Hall–Kier alpha value is -1.36. The minimum Gasteiger partial charge on any atom is -0.378 e. The van der Waals surface area contributed by atoms with Crippen LogP contribution in [0.4, 0.5) is 5.69 Å². The summed E-state index contributed by atoms with van der Waals surface area (Å²) in [6.45, 7) is 2.19. The van der Waals surface area contributed by atoms with E-state index in [1.807, 2.05) is 25.4 Å². The zero-order valence-electron chi connectivity index (χ0n) is 12.4. The third-order valence-corrected chi connectivity index (χ3v) is 4.74. The second-order valence-corrected chi connectivity index (χ2v) is 6.38. The number of rotatable bonds is 6. The molecule has 1 atom stereocenters. The zero-order valence-corrected chi connectivity index (χ0v) is 13.2. The number of nitrogens with one attached hydrogen (secondary N) is 1. The molecule has 0 radical (unpaired) electrons. The number of benzene rings is 1. The fourth-order valence-electron chi connectivity index (χ4n) is 2.20. The SMILES string of the molecule is CCc1ccc(CC(NN)c2ccc(N(C)C)cc2)s1. The molecule has 3 nitrogen and oxygen atoms in total. The highest BCUT2D eigenvalue weighted by Crippen LogP contribution is 2.25. The number of thiophene rings is 1. The largest absolute Gasteiger partial charge is 0.378 e. The molecule has 2 rings (SSSR count). The maximum Gasteiger partial charge on any atom is 0.0508 e. The van der Waals surface area contributed by atoms with Gasteiger partial charge in [-0.25, -0.2) is 0 Å². The predicted octanol–water partition coefficient (Wildman–Crippen LogP) is 3.12. The Morgan fingerprint density at radius 1 is 1.10 bits per heavy atom. The van der Waals surface area contributed by atoms with E-state index in [1.165, 1.54) is 21.0 Å². The van der Waals surface area contributed by atoms with Crippen LogP contribution in [0.1, 0.15) is 28.3 Å². The summed E-state index contributed by atoms with van der Waals surface area (Å²) in [5.41, 5.74) is 5.36. The van der Waals surface area contributed by atoms with Crippen molar-refractivity contribution in [2.75, 3.05) is 19.0 Å². The summed E-state index contributed by atoms with van der Waals surface area (Å²) >= 11 is 1.88. The summed E-state index contributed by atoms with van der Waals surface area (Å²) in [5.74, 6) is 5.73. The van der Waals surface area contributed by atoms with Gasteiger partial charge in [0.05, 0.1) is 6.04 Å². The van der Waals surface area contributed by atoms with Crippen molar-refractivity contribution in [3.63, 3.8) is 0 Å². The number of nitrogens with two attached hydrogens (primary N) is 1. The van der Waals surface area contributed by atoms with Crippen molar-refractivity contribution >= 4 is 17.0 Å². The highest BCUT2D eigenvalue weighted by atomic mass is 32.1. The Kier molecular flexibility index (Phi) is 5.17. The summed E-state index contributed by atoms with van der Waals surface area (Å²) in [7, 11) is 4.09. The van der Waals surface area contributed by atoms with Gasteiger partial charge in [-0.1, -0.05) is 19.1 Å². The molecule has 2 aromatic rings. The van der Waals surface area contributed by atoms with E-state index in [2.05, 4.69) is 53.6 Å². The van der Waals surface area contributed by atoms with E-state index in [-0.39, 0.29) is 6.04 Å². The van der Waals surface area contributed by atoms with Gasteiger partial charge in [-0.2, -0.15) is 0 Å². The Morgan fingerprint density at radius 3 is 2.25 bits per heavy atom. The molecule has 4 heteroatoms. The average molecular weight is 289 g/mol. The monoisotopic (exact) mass is 289 g/mol. The number of anilines is 1. The Balaban J connectivity index is 2.11. The van der Waals surface area contributed by atoms with Gasteiger partial charge in [0.25, 0.3) is 0 Å². The third kappa shape index (κ3) is 3.60. The van der Waals surface area contributed by atoms with Crippen LogP contribution in [0.5, 0.6) is 0 Å². The van der Waals surface area contributed by atoms with E-state index < -0.39 is 0 Å². The molecule has 0 saturated carbocycles. The van der Waals surface area contributed by atoms with Crippen molar-refractivity contribution < 1.29 is 0 Å². The number of hydrogen-bond acceptors (Lipinski definition) is 4. The number of hydrazine groups is 1. The average Bonchev–Trinajstić information content (AvgIpc) is 2.92. The number of hydrogen-bond donors (Lipinski definition) is 2. The Labute approximate surface area is 125 Å². The Morgan fingerprint density at radius 2 is 1.75 bits per heavy atom. The second-order valence-electron chi connectivity index (χ2n) is 5.13. The van der Waals surface area contributed by atoms with Crippen molar-refractivity contribution in [1.82, 2.24) is 5.43 Å². The lowest BCUT2D eigenvalue weighted by atomic mass is 10.0. The van der Waals surface area contributed by atoms with E-state index in [0.29, 0.717) is 0 Å². The maximum atomic E-state index is 5.73. The normalized spacial score (nSPS) is 12.4. The van der Waals surface area contributed by atoms with Crippen LogP contribution in [0.3, 0.4) is 0 Å². The summed E-state index contributed by atoms with van der Waals surface area (Å²) < 4.78 is 0. The van der Waals surface area contributed by atoms with Crippen molar-refractivity contribution in [3.05, 3.63) is 51.7 Å². The molecule has 3 N–H and O–H groups in total. The molecule has 0 saturated heterocycles. The first-order valence-electron chi connectivity index (χ1n) is 6.95. The molecular weight excluding hydrogens is 266 g/mol. The van der Waals surface area contributed by atoms with Gasteiger partial charge < -0.3 is 4.90 Å². The topological polar surface area (TPSA) is 41.3 Å². The van der Waals surface area contributed by atoms with E-state index in [0.717, 1.165) is 12.8 Å². The quantitative estimate of drug-likeness (QED) is 0.634. The first kappa shape index (κ1) is 15.0. The highest BCUT2D eigenvalue weighted by Gasteiger charge is 2.12. The lowest BCUT2D eigenvalue weighted by Gasteiger charge is -2.18. The molecule has 1 aromatic heterocycles. The predicted molar refractivity (Wildman–Crippen MR) is 88.2 cm³/mol. The minimum absolute atomic E-state index is 0.162. The van der Waals surface area contributed by atoms with E-state index in [9.17, 15) is 0 Å². The van der Waals surface area contributed by atoms with Gasteiger partial charge in [-0.15, -0.1) is 11.3 Å². The molecule has 108 valence electrons. The molecule has 0 aliphatic rings. The van der Waals surface area contributed by atoms with Gasteiger partial charge in [0.1, 0.15) is 0 Å². The van der Waals surface area contributed by atoms with Crippen LogP contribution in [0.2, 0.25) is 0 Å². The molecule has 0 amide bonds. The first-order valence-corrected chi connectivity index (χ1v) is 7.76. The van der Waals surface area contributed by atoms with Gasteiger partial charge in [0.2, 0.25) is 0 Å². The number of nitrogens with zero attached hydrogens (tertiary/aromatic N) is 1. The van der Waals surface area contributed by atoms with E-state index >= 15 is 0 Å². The molecule has 0 fully saturated rings. The van der Waals surface area contributed by atoms with E-state index in [1.54, 1.807) is 0 Å². The molecule has 1 aromatic carbocycles. The van der Waals surface area contributed by atoms with Crippen LogP contribution in [0, 0.1) is 0 Å². The van der Waals surface area contributed by atoms with Gasteiger partial charge in [-0.05, 0) is 36.2 Å². The van der Waals surface area contributed by atoms with Crippen molar-refractivity contribution in [2.24, 2.45) is 5.84 Å². The van der Waals surface area contributed by atoms with Crippen molar-refractivity contribution in [2.45, 2.75) is 25.8 Å². The van der Waals surface area contributed by atoms with Crippen LogP contribution >= 0.6 is 11.3 Å². The maximum absolute atomic E-state index is 5.73. The van der Waals surface area contributed by atoms with Gasteiger partial charge in [0, 0.05) is 36.0 Å². The van der Waals surface area contributed by atoms with E-state index in [4.69, 9.17) is 5.84 Å². The molecule has 0 bridgehead atoms. The molecule has 1 heterocycles. The van der Waals surface area contributed by atoms with Crippen LogP contribution in [0.25, 0.3) is 0 Å². The summed E-state index contributed by atoms with van der Waals surface area (Å²) in [4.78, 5) is 4.90. The molecule has 0 aliphatic carbocycles. The summed E-state index contributed by atoms with van der Waals surface area (Å²) in [6, 6.07) is 13.1. The standard InChI is InChI=1S/C16H23N3S/c1-4-14-9-10-15(20-14)11-16(18-17)12-5-7-13(8-6-12)19(2)3/h5-10,16,18H,4,11,17H2,1-3H3. The van der Waals surface area contributed by atoms with Gasteiger partial charge in [0.15, 0.2) is 0 Å². The fraction of sp³-hybridized carbons (Fsp3) is 0.375. The summed E-state index contributed by atoms with van der Waals surface area (Å²) in [5, 5.41) is 0. The van der Waals surface area contributed by atoms with Gasteiger partial charge >= 0.3 is 0 Å². The lowest BCUT2D eigenvalue weighted by molar-refractivity contribution is 0.555. The van der Waals surface area contributed by atoms with Crippen LogP contribution in [-0.4, -0.2) is 14.1 Å². The minimum atomic E-state index is 0.162. The van der Waals surface area contributed by atoms with Crippen molar-refractivity contribution in [1.29, 1.82) is 0 Å². The zero-order chi connectivity index (χ0) is 14.5.